The third kappa shape index (κ3) is 5.73. The fourth-order valence-corrected chi connectivity index (χ4v) is 3.56. The molecule has 0 unspecified atom stereocenters. The number of carbonyl (C=O) groups is 4. The Balaban J connectivity index is 1.47. The Labute approximate surface area is 216 Å². The highest BCUT2D eigenvalue weighted by molar-refractivity contribution is 6.39. The molecule has 0 saturated carbocycles. The second-order valence-corrected chi connectivity index (χ2v) is 8.01. The van der Waals surface area contributed by atoms with Gasteiger partial charge in [-0.25, -0.2) is 14.5 Å². The van der Waals surface area contributed by atoms with Gasteiger partial charge in [0.15, 0.2) is 0 Å². The largest absolute Gasteiger partial charge is 0.489 e. The number of rotatable bonds is 8. The van der Waals surface area contributed by atoms with Gasteiger partial charge in [0.25, 0.3) is 17.5 Å². The van der Waals surface area contributed by atoms with Crippen LogP contribution >= 0.6 is 0 Å². The van der Waals surface area contributed by atoms with Crippen molar-refractivity contribution in [1.29, 1.82) is 0 Å². The third-order valence-corrected chi connectivity index (χ3v) is 5.48. The zero-order valence-electron chi connectivity index (χ0n) is 20.1. The maximum atomic E-state index is 13.1. The van der Waals surface area contributed by atoms with Gasteiger partial charge in [-0.15, -0.1) is 0 Å². The number of ether oxygens (including phenoxy) is 2. The minimum absolute atomic E-state index is 0.0126. The van der Waals surface area contributed by atoms with Crippen molar-refractivity contribution in [2.24, 2.45) is 0 Å². The Morgan fingerprint density at radius 2 is 1.63 bits per heavy atom. The molecule has 3 aromatic carbocycles. The molecule has 1 heterocycles. The van der Waals surface area contributed by atoms with Crippen LogP contribution in [0.5, 0.6) is 5.75 Å². The molecule has 192 valence electrons. The topological polar surface area (TPSA) is 145 Å². The number of imide groups is 2. The van der Waals surface area contributed by atoms with Crippen LogP contribution in [0.15, 0.2) is 78.4 Å². The van der Waals surface area contributed by atoms with Crippen molar-refractivity contribution in [2.75, 3.05) is 11.5 Å². The highest BCUT2D eigenvalue weighted by atomic mass is 16.6. The summed E-state index contributed by atoms with van der Waals surface area (Å²) in [7, 11) is 0. The van der Waals surface area contributed by atoms with E-state index >= 15 is 0 Å². The van der Waals surface area contributed by atoms with E-state index in [0.717, 1.165) is 10.5 Å². The maximum absolute atomic E-state index is 13.1. The lowest BCUT2D eigenvalue weighted by Gasteiger charge is -2.26. The smallest absolute Gasteiger partial charge is 0.338 e. The van der Waals surface area contributed by atoms with E-state index in [9.17, 15) is 29.3 Å². The zero-order chi connectivity index (χ0) is 27.2. The molecular formula is C27H21N3O8. The van der Waals surface area contributed by atoms with Gasteiger partial charge in [0.05, 0.1) is 22.8 Å². The highest BCUT2D eigenvalue weighted by Gasteiger charge is 2.36. The summed E-state index contributed by atoms with van der Waals surface area (Å²) in [6.45, 7) is 2.07. The van der Waals surface area contributed by atoms with E-state index in [-0.39, 0.29) is 35.7 Å². The van der Waals surface area contributed by atoms with E-state index in [2.05, 4.69) is 5.32 Å². The number of esters is 1. The Bertz CT molecular complexity index is 1430. The van der Waals surface area contributed by atoms with Crippen LogP contribution < -0.4 is 15.0 Å². The first-order valence-electron chi connectivity index (χ1n) is 11.4. The van der Waals surface area contributed by atoms with Crippen molar-refractivity contribution in [3.63, 3.8) is 0 Å². The molecule has 11 heteroatoms. The number of non-ortho nitro benzene ring substituents is 1. The molecule has 1 aliphatic heterocycles. The molecule has 0 spiro atoms. The normalized spacial score (nSPS) is 14.3. The third-order valence-electron chi connectivity index (χ3n) is 5.48. The molecule has 1 aliphatic rings. The lowest BCUT2D eigenvalue weighted by atomic mass is 10.1. The Morgan fingerprint density at radius 1 is 0.974 bits per heavy atom. The van der Waals surface area contributed by atoms with Crippen LogP contribution in [0.1, 0.15) is 28.4 Å². The molecule has 4 amide bonds. The van der Waals surface area contributed by atoms with Crippen molar-refractivity contribution in [1.82, 2.24) is 5.32 Å². The lowest BCUT2D eigenvalue weighted by Crippen LogP contribution is -2.54. The van der Waals surface area contributed by atoms with Gasteiger partial charge in [-0.05, 0) is 72.7 Å². The molecule has 1 saturated heterocycles. The number of hydrogen-bond donors (Lipinski definition) is 1. The van der Waals surface area contributed by atoms with Gasteiger partial charge in [-0.3, -0.25) is 25.0 Å². The summed E-state index contributed by atoms with van der Waals surface area (Å²) < 4.78 is 10.6. The number of nitro benzene ring substituents is 1. The van der Waals surface area contributed by atoms with Crippen molar-refractivity contribution < 1.29 is 33.6 Å². The molecular weight excluding hydrogens is 494 g/mol. The summed E-state index contributed by atoms with van der Waals surface area (Å²) in [4.78, 5) is 60.9. The lowest BCUT2D eigenvalue weighted by molar-refractivity contribution is -0.384. The van der Waals surface area contributed by atoms with Gasteiger partial charge in [-0.1, -0.05) is 12.1 Å². The minimum Gasteiger partial charge on any atom is -0.489 e. The quantitative estimate of drug-likeness (QED) is 0.156. The number of anilines is 1. The van der Waals surface area contributed by atoms with E-state index in [1.165, 1.54) is 42.5 Å². The number of nitro groups is 1. The predicted octanol–water partition coefficient (Wildman–Crippen LogP) is 4.02. The first-order valence-corrected chi connectivity index (χ1v) is 11.4. The van der Waals surface area contributed by atoms with E-state index in [4.69, 9.17) is 9.47 Å². The molecule has 0 atom stereocenters. The average Bonchev–Trinajstić information content (AvgIpc) is 2.91. The first kappa shape index (κ1) is 25.8. The van der Waals surface area contributed by atoms with Crippen molar-refractivity contribution in [3.05, 3.63) is 105 Å². The van der Waals surface area contributed by atoms with Crippen LogP contribution in [-0.2, 0) is 20.9 Å². The standard InChI is InChI=1S/C27H21N3O8/c1-2-37-26(33)19-7-11-20(12-8-19)29-25(32)23(24(31)28-27(29)34)15-17-5-13-22(14-6-17)38-16-18-3-9-21(10-4-18)30(35)36/h3-15H,2,16H2,1H3,(H,28,31,34)/b23-15+. The van der Waals surface area contributed by atoms with Crippen LogP contribution in [0.25, 0.3) is 6.08 Å². The Morgan fingerprint density at radius 3 is 2.24 bits per heavy atom. The monoisotopic (exact) mass is 515 g/mol. The van der Waals surface area contributed by atoms with E-state index in [0.29, 0.717) is 11.3 Å². The number of hydrogen-bond acceptors (Lipinski definition) is 8. The summed E-state index contributed by atoms with van der Waals surface area (Å²) in [5.41, 5.74) is 1.42. The average molecular weight is 515 g/mol. The van der Waals surface area contributed by atoms with Crippen LogP contribution in [0.4, 0.5) is 16.2 Å². The predicted molar refractivity (Wildman–Crippen MR) is 135 cm³/mol. The Kier molecular flexibility index (Phi) is 7.57. The van der Waals surface area contributed by atoms with E-state index < -0.39 is 28.7 Å². The zero-order valence-corrected chi connectivity index (χ0v) is 20.1. The minimum atomic E-state index is -0.906. The summed E-state index contributed by atoms with van der Waals surface area (Å²) >= 11 is 0. The number of carbonyl (C=O) groups excluding carboxylic acids is 4. The number of nitrogens with one attached hydrogen (secondary N) is 1. The second-order valence-electron chi connectivity index (χ2n) is 8.01. The molecule has 3 aromatic rings. The summed E-state index contributed by atoms with van der Waals surface area (Å²) in [5, 5.41) is 12.9. The summed E-state index contributed by atoms with van der Waals surface area (Å²) in [5.74, 6) is -1.69. The molecule has 38 heavy (non-hydrogen) atoms. The SMILES string of the molecule is CCOC(=O)c1ccc(N2C(=O)NC(=O)/C(=C\c3ccc(OCc4ccc([N+](=O)[O-])cc4)cc3)C2=O)cc1. The van der Waals surface area contributed by atoms with Gasteiger partial charge >= 0.3 is 12.0 Å². The molecule has 4 rings (SSSR count). The fourth-order valence-electron chi connectivity index (χ4n) is 3.56. The van der Waals surface area contributed by atoms with Crippen molar-refractivity contribution in [3.8, 4) is 5.75 Å². The molecule has 0 bridgehead atoms. The molecule has 1 N–H and O–H groups in total. The first-order chi connectivity index (χ1) is 18.3. The number of urea groups is 1. The highest BCUT2D eigenvalue weighted by Crippen LogP contribution is 2.24. The number of nitrogens with zero attached hydrogens (tertiary/aromatic N) is 2. The molecule has 0 aromatic heterocycles. The summed E-state index contributed by atoms with van der Waals surface area (Å²) in [6, 6.07) is 17.3. The van der Waals surface area contributed by atoms with Gasteiger partial charge in [-0.2, -0.15) is 0 Å². The second kappa shape index (κ2) is 11.2. The summed E-state index contributed by atoms with van der Waals surface area (Å²) in [6.07, 6.45) is 1.35. The van der Waals surface area contributed by atoms with Gasteiger partial charge in [0.1, 0.15) is 17.9 Å². The Hall–Kier alpha value is -5.32. The van der Waals surface area contributed by atoms with Crippen LogP contribution in [-0.4, -0.2) is 35.3 Å². The molecule has 0 radical (unpaired) electrons. The number of benzene rings is 3. The van der Waals surface area contributed by atoms with E-state index in [1.807, 2.05) is 0 Å². The fraction of sp³-hybridized carbons (Fsp3) is 0.111. The van der Waals surface area contributed by atoms with E-state index in [1.54, 1.807) is 43.3 Å². The molecule has 0 aliphatic carbocycles. The van der Waals surface area contributed by atoms with Crippen LogP contribution in [0, 0.1) is 10.1 Å². The van der Waals surface area contributed by atoms with Crippen molar-refractivity contribution >= 4 is 41.3 Å². The molecule has 1 fully saturated rings. The van der Waals surface area contributed by atoms with Gasteiger partial charge in [0, 0.05) is 12.1 Å². The number of barbiturate groups is 1. The van der Waals surface area contributed by atoms with Gasteiger partial charge < -0.3 is 9.47 Å². The molecule has 11 nitrogen and oxygen atoms in total. The van der Waals surface area contributed by atoms with Crippen LogP contribution in [0.3, 0.4) is 0 Å². The van der Waals surface area contributed by atoms with Gasteiger partial charge in [0.2, 0.25) is 0 Å². The van der Waals surface area contributed by atoms with Crippen molar-refractivity contribution in [2.45, 2.75) is 13.5 Å². The van der Waals surface area contributed by atoms with Crippen LogP contribution in [0.2, 0.25) is 0 Å². The number of amides is 4. The maximum Gasteiger partial charge on any atom is 0.338 e.